The fourth-order valence-electron chi connectivity index (χ4n) is 2.32. The maximum absolute atomic E-state index is 10.4. The van der Waals surface area contributed by atoms with E-state index in [9.17, 15) is 18.1 Å². The van der Waals surface area contributed by atoms with Crippen molar-refractivity contribution in [2.24, 2.45) is 0 Å². The zero-order chi connectivity index (χ0) is 15.3. The molecule has 1 N–H and O–H groups in total. The summed E-state index contributed by atoms with van der Waals surface area (Å²) in [4.78, 5) is 0. The number of hydrogen-bond acceptors (Lipinski definition) is 4. The molecule has 6 heteroatoms. The fourth-order valence-corrected chi connectivity index (χ4v) is 2.87. The minimum Gasteiger partial charge on any atom is -0.748 e. The molecule has 0 saturated heterocycles. The predicted molar refractivity (Wildman–Crippen MR) is 81.6 cm³/mol. The number of aliphatic hydroxyl groups is 1. The van der Waals surface area contributed by atoms with Crippen molar-refractivity contribution in [3.8, 4) is 0 Å². The predicted octanol–water partition coefficient (Wildman–Crippen LogP) is 0.598. The molecule has 0 aliphatic carbocycles. The van der Waals surface area contributed by atoms with E-state index >= 15 is 0 Å². The van der Waals surface area contributed by atoms with E-state index in [0.29, 0.717) is 19.3 Å². The molecule has 0 aromatic rings. The van der Waals surface area contributed by atoms with Crippen LogP contribution in [-0.4, -0.2) is 29.9 Å². The molecule has 1 unspecified atom stereocenters. The molecule has 0 spiro atoms. The van der Waals surface area contributed by atoms with E-state index in [2.05, 4.69) is 6.92 Å². The topological polar surface area (TPSA) is 77.4 Å². The van der Waals surface area contributed by atoms with Gasteiger partial charge in [0.25, 0.3) is 0 Å². The Kier molecular flexibility index (Phi) is 19.3. The Balaban J connectivity index is 0. The number of aliphatic hydroxyl groups excluding tert-OH is 1. The maximum atomic E-state index is 10.4. The van der Waals surface area contributed by atoms with E-state index in [1.807, 2.05) is 0 Å². The Morgan fingerprint density at radius 1 is 0.857 bits per heavy atom. The van der Waals surface area contributed by atoms with Crippen LogP contribution < -0.4 is 51.4 Å². The average molecular weight is 347 g/mol. The molecule has 0 aliphatic heterocycles. The van der Waals surface area contributed by atoms with Crippen LogP contribution in [0.3, 0.4) is 0 Å². The summed E-state index contributed by atoms with van der Waals surface area (Å²) in [7, 11) is -4.09. The SMILES string of the molecule is CCCCCCCCCCC(O)CCCCS(=O)(=O)[O-].[K+]. The van der Waals surface area contributed by atoms with Crippen molar-refractivity contribution < 1.29 is 69.5 Å². The molecule has 0 radical (unpaired) electrons. The second kappa shape index (κ2) is 16.4. The van der Waals surface area contributed by atoms with Crippen LogP contribution in [0.4, 0.5) is 0 Å². The van der Waals surface area contributed by atoms with E-state index in [1.54, 1.807) is 0 Å². The molecule has 0 bridgehead atoms. The minimum atomic E-state index is -4.09. The van der Waals surface area contributed by atoms with Crippen LogP contribution in [-0.2, 0) is 10.1 Å². The van der Waals surface area contributed by atoms with Crippen molar-refractivity contribution >= 4 is 10.1 Å². The van der Waals surface area contributed by atoms with Crippen molar-refractivity contribution in [3.63, 3.8) is 0 Å². The van der Waals surface area contributed by atoms with Gasteiger partial charge in [-0.3, -0.25) is 0 Å². The van der Waals surface area contributed by atoms with Crippen molar-refractivity contribution in [2.45, 2.75) is 90.1 Å². The van der Waals surface area contributed by atoms with Gasteiger partial charge < -0.3 is 9.66 Å². The summed E-state index contributed by atoms with van der Waals surface area (Å²) in [6.45, 7) is 2.22. The largest absolute Gasteiger partial charge is 1.00 e. The second-order valence-electron chi connectivity index (χ2n) is 5.67. The summed E-state index contributed by atoms with van der Waals surface area (Å²) in [6.07, 6.45) is 12.0. The Morgan fingerprint density at radius 3 is 1.76 bits per heavy atom. The third-order valence-electron chi connectivity index (χ3n) is 3.57. The first-order valence-corrected chi connectivity index (χ1v) is 9.65. The summed E-state index contributed by atoms with van der Waals surface area (Å²) in [6, 6.07) is 0. The second-order valence-corrected chi connectivity index (χ2v) is 7.20. The molecule has 4 nitrogen and oxygen atoms in total. The van der Waals surface area contributed by atoms with Gasteiger partial charge in [-0.2, -0.15) is 0 Å². The summed E-state index contributed by atoms with van der Waals surface area (Å²) in [5, 5.41) is 9.72. The van der Waals surface area contributed by atoms with E-state index in [-0.39, 0.29) is 63.2 Å². The molecule has 21 heavy (non-hydrogen) atoms. The minimum absolute atomic E-state index is 0. The van der Waals surface area contributed by atoms with Crippen LogP contribution in [0.25, 0.3) is 0 Å². The van der Waals surface area contributed by atoms with Crippen molar-refractivity contribution in [2.75, 3.05) is 5.75 Å². The van der Waals surface area contributed by atoms with E-state index in [0.717, 1.165) is 19.3 Å². The summed E-state index contributed by atoms with van der Waals surface area (Å²) < 4.78 is 31.2. The molecule has 0 amide bonds. The fraction of sp³-hybridized carbons (Fsp3) is 1.00. The van der Waals surface area contributed by atoms with Gasteiger partial charge in [0.05, 0.1) is 16.2 Å². The molecule has 0 aliphatic rings. The van der Waals surface area contributed by atoms with Gasteiger partial charge in [0.2, 0.25) is 0 Å². The quantitative estimate of drug-likeness (QED) is 0.284. The van der Waals surface area contributed by atoms with Crippen molar-refractivity contribution in [3.05, 3.63) is 0 Å². The first-order chi connectivity index (χ1) is 9.45. The zero-order valence-corrected chi connectivity index (χ0v) is 17.8. The molecule has 1 atom stereocenters. The van der Waals surface area contributed by atoms with Gasteiger partial charge in [0.15, 0.2) is 0 Å². The van der Waals surface area contributed by atoms with Crippen molar-refractivity contribution in [1.82, 2.24) is 0 Å². The first-order valence-electron chi connectivity index (χ1n) is 8.07. The number of hydrogen-bond donors (Lipinski definition) is 1. The van der Waals surface area contributed by atoms with Gasteiger partial charge in [-0.15, -0.1) is 0 Å². The molecule has 0 aromatic heterocycles. The van der Waals surface area contributed by atoms with Gasteiger partial charge in [-0.1, -0.05) is 58.3 Å². The Labute approximate surface area is 173 Å². The zero-order valence-electron chi connectivity index (χ0n) is 13.8. The van der Waals surface area contributed by atoms with Gasteiger partial charge in [-0.25, -0.2) is 8.42 Å². The van der Waals surface area contributed by atoms with Gasteiger partial charge >= 0.3 is 51.4 Å². The molecule has 0 fully saturated rings. The van der Waals surface area contributed by atoms with Crippen LogP contribution >= 0.6 is 0 Å². The smallest absolute Gasteiger partial charge is 0.748 e. The van der Waals surface area contributed by atoms with E-state index in [1.165, 1.54) is 38.5 Å². The van der Waals surface area contributed by atoms with Gasteiger partial charge in [-0.05, 0) is 25.7 Å². The monoisotopic (exact) mass is 346 g/mol. The van der Waals surface area contributed by atoms with Gasteiger partial charge in [0.1, 0.15) is 0 Å². The number of unbranched alkanes of at least 4 members (excludes halogenated alkanes) is 8. The Hall–Kier alpha value is 1.51. The average Bonchev–Trinajstić information content (AvgIpc) is 2.37. The maximum Gasteiger partial charge on any atom is 1.00 e. The van der Waals surface area contributed by atoms with E-state index < -0.39 is 10.1 Å². The third kappa shape index (κ3) is 21.5. The Bertz CT molecular complexity index is 307. The summed E-state index contributed by atoms with van der Waals surface area (Å²) in [5.41, 5.74) is 0. The summed E-state index contributed by atoms with van der Waals surface area (Å²) in [5.74, 6) is -0.308. The standard InChI is InChI=1S/C15H32O4S.K/c1-2-3-4-5-6-7-8-9-12-15(16)13-10-11-14-20(17,18)19;/h15-16H,2-14H2,1H3,(H,17,18,19);/q;+1/p-1. The molecule has 0 rings (SSSR count). The number of rotatable bonds is 14. The van der Waals surface area contributed by atoms with Crippen LogP contribution in [0.15, 0.2) is 0 Å². The molecule has 0 aromatic carbocycles. The molecule has 0 heterocycles. The van der Waals surface area contributed by atoms with Crippen LogP contribution in [0.1, 0.15) is 84.0 Å². The van der Waals surface area contributed by atoms with Crippen LogP contribution in [0, 0.1) is 0 Å². The molecule has 0 saturated carbocycles. The summed E-state index contributed by atoms with van der Waals surface area (Å²) >= 11 is 0. The normalized spacial score (nSPS) is 12.9. The van der Waals surface area contributed by atoms with Crippen LogP contribution in [0.2, 0.25) is 0 Å². The molecular weight excluding hydrogens is 315 g/mol. The molecule has 122 valence electrons. The Morgan fingerprint density at radius 2 is 1.29 bits per heavy atom. The van der Waals surface area contributed by atoms with Crippen molar-refractivity contribution in [1.29, 1.82) is 0 Å². The molecular formula is C15H31KO4S. The van der Waals surface area contributed by atoms with Gasteiger partial charge in [0, 0.05) is 5.75 Å². The first kappa shape index (κ1) is 24.8. The van der Waals surface area contributed by atoms with Crippen LogP contribution in [0.5, 0.6) is 0 Å². The van der Waals surface area contributed by atoms with E-state index in [4.69, 9.17) is 0 Å². The third-order valence-corrected chi connectivity index (χ3v) is 4.36.